The summed E-state index contributed by atoms with van der Waals surface area (Å²) in [6.45, 7) is 13.5. The van der Waals surface area contributed by atoms with Crippen LogP contribution in [0.1, 0.15) is 77.0 Å². The summed E-state index contributed by atoms with van der Waals surface area (Å²) in [5.74, 6) is 0.288. The summed E-state index contributed by atoms with van der Waals surface area (Å²) in [7, 11) is 2.06. The smallest absolute Gasteiger partial charge is 0.272 e. The lowest BCUT2D eigenvalue weighted by Crippen LogP contribution is -2.51. The van der Waals surface area contributed by atoms with Crippen LogP contribution in [-0.4, -0.2) is 50.3 Å². The molecule has 0 fully saturated rings. The molecule has 0 bridgehead atoms. The van der Waals surface area contributed by atoms with Crippen molar-refractivity contribution >= 4 is 23.3 Å². The van der Waals surface area contributed by atoms with Crippen molar-refractivity contribution < 1.29 is 9.59 Å². The van der Waals surface area contributed by atoms with Crippen molar-refractivity contribution in [1.29, 1.82) is 0 Å². The summed E-state index contributed by atoms with van der Waals surface area (Å²) in [6.07, 6.45) is 5.92. The first-order valence-electron chi connectivity index (χ1n) is 12.2. The first kappa shape index (κ1) is 26.4. The summed E-state index contributed by atoms with van der Waals surface area (Å²) in [4.78, 5) is 38.1. The van der Waals surface area contributed by atoms with E-state index in [-0.39, 0.29) is 17.6 Å². The molecule has 0 radical (unpaired) electrons. The van der Waals surface area contributed by atoms with E-state index in [0.29, 0.717) is 29.1 Å². The lowest BCUT2D eigenvalue weighted by atomic mass is 9.79. The number of nitrogens with zero attached hydrogens (tertiary/aromatic N) is 4. The van der Waals surface area contributed by atoms with Crippen molar-refractivity contribution in [2.24, 2.45) is 11.3 Å². The van der Waals surface area contributed by atoms with Gasteiger partial charge in [0.25, 0.3) is 5.91 Å². The van der Waals surface area contributed by atoms with Gasteiger partial charge in [-0.25, -0.2) is 4.98 Å². The van der Waals surface area contributed by atoms with E-state index in [0.717, 1.165) is 37.1 Å². The third-order valence-corrected chi connectivity index (χ3v) is 7.16. The molecule has 2 aromatic heterocycles. The second-order valence-electron chi connectivity index (χ2n) is 10.7. The minimum Gasteiger partial charge on any atom is -0.340 e. The number of carbonyl (C=O) groups excluding carboxylic acids is 2. The molecule has 0 aliphatic carbocycles. The fourth-order valence-electron chi connectivity index (χ4n) is 4.53. The molecule has 2 aromatic rings. The molecule has 3 heterocycles. The molecule has 1 aliphatic heterocycles. The Morgan fingerprint density at radius 3 is 2.65 bits per heavy atom. The van der Waals surface area contributed by atoms with Crippen LogP contribution in [0, 0.1) is 11.3 Å². The second-order valence-corrected chi connectivity index (χ2v) is 11.1. The highest BCUT2D eigenvalue weighted by molar-refractivity contribution is 6.33. The maximum Gasteiger partial charge on any atom is 0.272 e. The number of aromatic nitrogens is 3. The molecular weight excluding hydrogens is 450 g/mol. The Balaban J connectivity index is 2.05. The van der Waals surface area contributed by atoms with E-state index in [9.17, 15) is 9.59 Å². The molecule has 0 aromatic carbocycles. The van der Waals surface area contributed by atoms with Gasteiger partial charge in [0.15, 0.2) is 11.5 Å². The molecule has 2 unspecified atom stereocenters. The average Bonchev–Trinajstić information content (AvgIpc) is 3.05. The molecule has 1 aliphatic rings. The van der Waals surface area contributed by atoms with Crippen LogP contribution in [0.3, 0.4) is 0 Å². The third kappa shape index (κ3) is 5.52. The summed E-state index contributed by atoms with van der Waals surface area (Å²) < 4.78 is 2.10. The Hall–Kier alpha value is -2.25. The van der Waals surface area contributed by atoms with Gasteiger partial charge in [0, 0.05) is 43.0 Å². The Morgan fingerprint density at radius 2 is 2.03 bits per heavy atom. The van der Waals surface area contributed by atoms with Crippen molar-refractivity contribution in [3.8, 4) is 11.4 Å². The van der Waals surface area contributed by atoms with Crippen LogP contribution < -0.4 is 5.32 Å². The Morgan fingerprint density at radius 1 is 1.32 bits per heavy atom. The van der Waals surface area contributed by atoms with E-state index in [2.05, 4.69) is 40.7 Å². The van der Waals surface area contributed by atoms with Crippen molar-refractivity contribution in [2.75, 3.05) is 7.05 Å². The molecule has 0 spiro atoms. The van der Waals surface area contributed by atoms with Crippen LogP contribution in [0.15, 0.2) is 18.5 Å². The molecule has 8 heteroatoms. The summed E-state index contributed by atoms with van der Waals surface area (Å²) in [6, 6.07) is 1.58. The Kier molecular flexibility index (Phi) is 8.19. The zero-order chi connectivity index (χ0) is 25.2. The van der Waals surface area contributed by atoms with Gasteiger partial charge in [-0.15, -0.1) is 0 Å². The van der Waals surface area contributed by atoms with Gasteiger partial charge in [0.1, 0.15) is 5.82 Å². The van der Waals surface area contributed by atoms with Crippen LogP contribution in [0.25, 0.3) is 11.4 Å². The molecule has 7 nitrogen and oxygen atoms in total. The highest BCUT2D eigenvalue weighted by Gasteiger charge is 2.37. The fourth-order valence-corrected chi connectivity index (χ4v) is 4.74. The molecule has 186 valence electrons. The number of fused-ring (bicyclic) bond motifs is 1. The van der Waals surface area contributed by atoms with Gasteiger partial charge in [-0.2, -0.15) is 0 Å². The number of hydrogen-bond acceptors (Lipinski definition) is 5. The standard InChI is InChI=1S/C26H38ClN5O2/c1-8-9-16(2)22(33)23(26(4,5)6)30-25(34)21-20-15-31(7)17(3)11-13-32(20)24(29-21)18-10-12-28-14-19(18)27/h10,12,14,16-17,23H,8-9,11,13,15H2,1-7H3,(H,30,34)/t16?,17?,23-/m1/s1. The van der Waals surface area contributed by atoms with E-state index in [1.165, 1.54) is 0 Å². The average molecular weight is 488 g/mol. The molecule has 3 rings (SSSR count). The Bertz CT molecular complexity index is 1040. The minimum atomic E-state index is -0.603. The molecule has 3 atom stereocenters. The van der Waals surface area contributed by atoms with E-state index in [1.807, 2.05) is 33.8 Å². The van der Waals surface area contributed by atoms with Gasteiger partial charge < -0.3 is 9.88 Å². The number of nitrogens with one attached hydrogen (secondary N) is 1. The van der Waals surface area contributed by atoms with Gasteiger partial charge >= 0.3 is 0 Å². The summed E-state index contributed by atoms with van der Waals surface area (Å²) in [5, 5.41) is 3.55. The number of Topliss-reactive ketones (excluding diaryl/α,β-unsaturated/α-hetero) is 1. The Labute approximate surface area is 208 Å². The van der Waals surface area contributed by atoms with Gasteiger partial charge in [-0.3, -0.25) is 19.5 Å². The van der Waals surface area contributed by atoms with Gasteiger partial charge in [-0.1, -0.05) is 52.6 Å². The normalized spacial score (nSPS) is 18.6. The summed E-state index contributed by atoms with van der Waals surface area (Å²) in [5.41, 5.74) is 1.52. The van der Waals surface area contributed by atoms with Crippen molar-refractivity contribution in [1.82, 2.24) is 24.8 Å². The van der Waals surface area contributed by atoms with E-state index < -0.39 is 11.5 Å². The monoisotopic (exact) mass is 487 g/mol. The number of amides is 1. The number of halogens is 1. The molecule has 0 saturated heterocycles. The largest absolute Gasteiger partial charge is 0.340 e. The molecular formula is C26H38ClN5O2. The van der Waals surface area contributed by atoms with Gasteiger partial charge in [0.2, 0.25) is 0 Å². The number of imidazole rings is 1. The van der Waals surface area contributed by atoms with E-state index in [4.69, 9.17) is 16.6 Å². The van der Waals surface area contributed by atoms with Crippen LogP contribution >= 0.6 is 11.6 Å². The number of pyridine rings is 1. The van der Waals surface area contributed by atoms with Crippen LogP contribution in [0.4, 0.5) is 0 Å². The number of carbonyl (C=O) groups is 2. The molecule has 34 heavy (non-hydrogen) atoms. The quantitative estimate of drug-likeness (QED) is 0.596. The fraction of sp³-hybridized carbons (Fsp3) is 0.615. The predicted octanol–water partition coefficient (Wildman–Crippen LogP) is 4.97. The second kappa shape index (κ2) is 10.6. The van der Waals surface area contributed by atoms with E-state index in [1.54, 1.807) is 12.4 Å². The van der Waals surface area contributed by atoms with Gasteiger partial charge in [-0.05, 0) is 38.3 Å². The van der Waals surface area contributed by atoms with Gasteiger partial charge in [0.05, 0.1) is 16.8 Å². The topological polar surface area (TPSA) is 80.1 Å². The number of ketones is 1. The predicted molar refractivity (Wildman–Crippen MR) is 136 cm³/mol. The first-order chi connectivity index (χ1) is 16.0. The summed E-state index contributed by atoms with van der Waals surface area (Å²) >= 11 is 6.47. The minimum absolute atomic E-state index is 0.0659. The van der Waals surface area contributed by atoms with Crippen LogP contribution in [0.5, 0.6) is 0 Å². The molecule has 1 amide bonds. The maximum absolute atomic E-state index is 13.7. The third-order valence-electron chi connectivity index (χ3n) is 6.86. The van der Waals surface area contributed by atoms with Crippen molar-refractivity contribution in [3.63, 3.8) is 0 Å². The van der Waals surface area contributed by atoms with Crippen LogP contribution in [0.2, 0.25) is 5.02 Å². The first-order valence-corrected chi connectivity index (χ1v) is 12.6. The molecule has 0 saturated carbocycles. The zero-order valence-corrected chi connectivity index (χ0v) is 22.2. The maximum atomic E-state index is 13.7. The number of hydrogen-bond donors (Lipinski definition) is 1. The SMILES string of the molecule is CCCC(C)C(=O)[C@@H](NC(=O)c1nc(-c2ccncc2Cl)n2c1CN(C)C(C)CC2)C(C)(C)C. The van der Waals surface area contributed by atoms with Crippen LogP contribution in [-0.2, 0) is 17.9 Å². The van der Waals surface area contributed by atoms with Crippen molar-refractivity contribution in [3.05, 3.63) is 34.9 Å². The van der Waals surface area contributed by atoms with Crippen molar-refractivity contribution in [2.45, 2.75) is 86.0 Å². The number of rotatable bonds is 7. The highest BCUT2D eigenvalue weighted by atomic mass is 35.5. The lowest BCUT2D eigenvalue weighted by Gasteiger charge is -2.32. The molecule has 1 N–H and O–H groups in total. The lowest BCUT2D eigenvalue weighted by molar-refractivity contribution is -0.126. The highest BCUT2D eigenvalue weighted by Crippen LogP contribution is 2.32. The zero-order valence-electron chi connectivity index (χ0n) is 21.5. The van der Waals surface area contributed by atoms with E-state index >= 15 is 0 Å².